The molecule has 0 unspecified atom stereocenters. The summed E-state index contributed by atoms with van der Waals surface area (Å²) in [6, 6.07) is 9.66. The maximum atomic E-state index is 12.4. The Labute approximate surface area is 152 Å². The van der Waals surface area contributed by atoms with Crippen molar-refractivity contribution in [3.63, 3.8) is 0 Å². The fourth-order valence-electron chi connectivity index (χ4n) is 2.35. The van der Waals surface area contributed by atoms with Gasteiger partial charge in [-0.2, -0.15) is 13.2 Å². The molecule has 0 bridgehead atoms. The van der Waals surface area contributed by atoms with Crippen LogP contribution in [-0.4, -0.2) is 27.1 Å². The van der Waals surface area contributed by atoms with Crippen molar-refractivity contribution in [2.24, 2.45) is 0 Å². The molecule has 5 nitrogen and oxygen atoms in total. The molecule has 0 saturated heterocycles. The molecule has 1 heterocycles. The second kappa shape index (κ2) is 7.37. The van der Waals surface area contributed by atoms with Crippen LogP contribution >= 0.6 is 11.8 Å². The zero-order valence-electron chi connectivity index (χ0n) is 13.2. The Morgan fingerprint density at radius 3 is 2.42 bits per heavy atom. The summed E-state index contributed by atoms with van der Waals surface area (Å²) in [6.45, 7) is 0.757. The highest BCUT2D eigenvalue weighted by Crippen LogP contribution is 2.37. The van der Waals surface area contributed by atoms with Gasteiger partial charge in [0.25, 0.3) is 0 Å². The lowest BCUT2D eigenvalue weighted by molar-refractivity contribution is -0.0328. The minimum absolute atomic E-state index is 0.0338. The molecule has 0 spiro atoms. The number of fused-ring (bicyclic) bond motifs is 1. The largest absolute Gasteiger partial charge is 0.486 e. The molecule has 26 heavy (non-hydrogen) atoms. The first-order valence-corrected chi connectivity index (χ1v) is 9.77. The Kier molecular flexibility index (Phi) is 5.35. The standard InChI is InChI=1S/C16H14F3NO4S2/c17-16(18,19)25-12-4-6-13(7-5-12)26(21,22)20-10-11-2-1-3-14-15(11)24-9-8-23-14/h1-7,20H,8-10H2. The SMILES string of the molecule is O=S(=O)(NCc1cccc2c1OCCO2)c1ccc(SC(F)(F)F)cc1. The Bertz CT molecular complexity index is 883. The zero-order valence-corrected chi connectivity index (χ0v) is 14.9. The van der Waals surface area contributed by atoms with Crippen LogP contribution in [0.25, 0.3) is 0 Å². The van der Waals surface area contributed by atoms with Gasteiger partial charge in [0.05, 0.1) is 4.90 Å². The average Bonchev–Trinajstić information content (AvgIpc) is 2.59. The van der Waals surface area contributed by atoms with Gasteiger partial charge in [0.1, 0.15) is 13.2 Å². The van der Waals surface area contributed by atoms with Crippen LogP contribution in [0.4, 0.5) is 13.2 Å². The van der Waals surface area contributed by atoms with Crippen LogP contribution in [0.3, 0.4) is 0 Å². The molecule has 2 aromatic carbocycles. The number of hydrogen-bond donors (Lipinski definition) is 1. The van der Waals surface area contributed by atoms with Gasteiger partial charge in [0.2, 0.25) is 10.0 Å². The molecule has 0 amide bonds. The summed E-state index contributed by atoms with van der Waals surface area (Å²) in [7, 11) is -3.88. The van der Waals surface area contributed by atoms with Gasteiger partial charge in [0.15, 0.2) is 11.5 Å². The van der Waals surface area contributed by atoms with E-state index < -0.39 is 15.5 Å². The lowest BCUT2D eigenvalue weighted by Gasteiger charge is -2.21. The van der Waals surface area contributed by atoms with E-state index >= 15 is 0 Å². The van der Waals surface area contributed by atoms with E-state index in [9.17, 15) is 21.6 Å². The van der Waals surface area contributed by atoms with Crippen molar-refractivity contribution in [2.45, 2.75) is 21.8 Å². The van der Waals surface area contributed by atoms with Crippen LogP contribution in [-0.2, 0) is 16.6 Å². The van der Waals surface area contributed by atoms with Gasteiger partial charge in [-0.15, -0.1) is 0 Å². The van der Waals surface area contributed by atoms with Crippen molar-refractivity contribution >= 4 is 21.8 Å². The molecular weight excluding hydrogens is 391 g/mol. The number of alkyl halides is 3. The molecule has 3 rings (SSSR count). The number of para-hydroxylation sites is 1. The summed E-state index contributed by atoms with van der Waals surface area (Å²) in [5.74, 6) is 1.03. The highest BCUT2D eigenvalue weighted by atomic mass is 32.2. The van der Waals surface area contributed by atoms with Gasteiger partial charge in [-0.3, -0.25) is 0 Å². The quantitative estimate of drug-likeness (QED) is 0.771. The average molecular weight is 405 g/mol. The smallest absolute Gasteiger partial charge is 0.446 e. The number of nitrogens with one attached hydrogen (secondary N) is 1. The first-order chi connectivity index (χ1) is 12.2. The molecular formula is C16H14F3NO4S2. The topological polar surface area (TPSA) is 64.6 Å². The van der Waals surface area contributed by atoms with Crippen LogP contribution in [0.5, 0.6) is 11.5 Å². The number of benzene rings is 2. The first-order valence-electron chi connectivity index (χ1n) is 7.47. The summed E-state index contributed by atoms with van der Waals surface area (Å²) < 4.78 is 75.1. The second-order valence-electron chi connectivity index (χ2n) is 5.29. The minimum atomic E-state index is -4.42. The van der Waals surface area contributed by atoms with Gasteiger partial charge in [0, 0.05) is 17.0 Å². The Hall–Kier alpha value is -1.91. The fraction of sp³-hybridized carbons (Fsp3) is 0.250. The van der Waals surface area contributed by atoms with Gasteiger partial charge < -0.3 is 9.47 Å². The van der Waals surface area contributed by atoms with E-state index in [-0.39, 0.29) is 28.1 Å². The second-order valence-corrected chi connectivity index (χ2v) is 8.19. The van der Waals surface area contributed by atoms with Crippen LogP contribution in [0.1, 0.15) is 5.56 Å². The number of hydrogen-bond acceptors (Lipinski definition) is 5. The Balaban J connectivity index is 1.72. The first kappa shape index (κ1) is 18.9. The molecule has 1 N–H and O–H groups in total. The number of thioether (sulfide) groups is 1. The third kappa shape index (κ3) is 4.63. The number of rotatable bonds is 5. The summed E-state index contributed by atoms with van der Waals surface area (Å²) in [5.41, 5.74) is -3.82. The molecule has 1 aliphatic rings. The van der Waals surface area contributed by atoms with E-state index in [1.165, 1.54) is 0 Å². The fourth-order valence-corrected chi connectivity index (χ4v) is 3.90. The molecule has 2 aromatic rings. The van der Waals surface area contributed by atoms with E-state index in [1.807, 2.05) is 0 Å². The van der Waals surface area contributed by atoms with Gasteiger partial charge in [-0.25, -0.2) is 13.1 Å². The van der Waals surface area contributed by atoms with E-state index in [1.54, 1.807) is 18.2 Å². The Morgan fingerprint density at radius 2 is 1.73 bits per heavy atom. The van der Waals surface area contributed by atoms with Crippen LogP contribution in [0, 0.1) is 0 Å². The maximum Gasteiger partial charge on any atom is 0.446 e. The van der Waals surface area contributed by atoms with Gasteiger partial charge in [-0.1, -0.05) is 12.1 Å². The van der Waals surface area contributed by atoms with E-state index in [4.69, 9.17) is 9.47 Å². The van der Waals surface area contributed by atoms with Crippen molar-refractivity contribution in [3.8, 4) is 11.5 Å². The molecule has 0 aromatic heterocycles. The molecule has 0 radical (unpaired) electrons. The molecule has 140 valence electrons. The highest BCUT2D eigenvalue weighted by molar-refractivity contribution is 8.00. The minimum Gasteiger partial charge on any atom is -0.486 e. The number of sulfonamides is 1. The van der Waals surface area contributed by atoms with Crippen molar-refractivity contribution in [2.75, 3.05) is 13.2 Å². The van der Waals surface area contributed by atoms with E-state index in [0.29, 0.717) is 30.3 Å². The van der Waals surface area contributed by atoms with Crippen molar-refractivity contribution < 1.29 is 31.1 Å². The summed E-state index contributed by atoms with van der Waals surface area (Å²) in [5, 5.41) is 0. The molecule has 0 saturated carbocycles. The summed E-state index contributed by atoms with van der Waals surface area (Å²) >= 11 is -0.300. The van der Waals surface area contributed by atoms with Crippen molar-refractivity contribution in [3.05, 3.63) is 48.0 Å². The third-order valence-electron chi connectivity index (χ3n) is 3.47. The monoisotopic (exact) mass is 405 g/mol. The van der Waals surface area contributed by atoms with Crippen molar-refractivity contribution in [1.82, 2.24) is 4.72 Å². The van der Waals surface area contributed by atoms with Crippen LogP contribution < -0.4 is 14.2 Å². The van der Waals surface area contributed by atoms with Crippen LogP contribution in [0.2, 0.25) is 0 Å². The Morgan fingerprint density at radius 1 is 1.04 bits per heavy atom. The van der Waals surface area contributed by atoms with E-state index in [2.05, 4.69) is 4.72 Å². The lowest BCUT2D eigenvalue weighted by atomic mass is 10.2. The molecule has 1 aliphatic heterocycles. The lowest BCUT2D eigenvalue weighted by Crippen LogP contribution is -2.24. The maximum absolute atomic E-state index is 12.4. The normalized spacial score (nSPS) is 14.3. The highest BCUT2D eigenvalue weighted by Gasteiger charge is 2.29. The van der Waals surface area contributed by atoms with Crippen molar-refractivity contribution in [1.29, 1.82) is 0 Å². The predicted octanol–water partition coefficient (Wildman–Crippen LogP) is 3.55. The zero-order chi connectivity index (χ0) is 18.8. The van der Waals surface area contributed by atoms with Gasteiger partial charge in [-0.05, 0) is 42.1 Å². The van der Waals surface area contributed by atoms with E-state index in [0.717, 1.165) is 24.3 Å². The summed E-state index contributed by atoms with van der Waals surface area (Å²) in [6.07, 6.45) is 0. The van der Waals surface area contributed by atoms with Gasteiger partial charge >= 0.3 is 5.51 Å². The number of ether oxygens (including phenoxy) is 2. The predicted molar refractivity (Wildman–Crippen MR) is 89.8 cm³/mol. The molecule has 0 fully saturated rings. The third-order valence-corrected chi connectivity index (χ3v) is 5.62. The molecule has 10 heteroatoms. The molecule has 0 aliphatic carbocycles. The number of halogens is 3. The molecule has 0 atom stereocenters. The van der Waals surface area contributed by atoms with Crippen LogP contribution in [0.15, 0.2) is 52.3 Å². The summed E-state index contributed by atoms with van der Waals surface area (Å²) in [4.78, 5) is -0.204.